The van der Waals surface area contributed by atoms with Crippen molar-refractivity contribution in [2.75, 3.05) is 0 Å². The lowest BCUT2D eigenvalue weighted by Crippen LogP contribution is -2.36. The van der Waals surface area contributed by atoms with Gasteiger partial charge in [-0.25, -0.2) is 0 Å². The smallest absolute Gasteiger partial charge is 0.320 e. The van der Waals surface area contributed by atoms with Gasteiger partial charge in [0.15, 0.2) is 0 Å². The van der Waals surface area contributed by atoms with Crippen LogP contribution in [0.1, 0.15) is 41.3 Å². The molecule has 1 aromatic rings. The normalized spacial score (nSPS) is 12.1. The van der Waals surface area contributed by atoms with Crippen molar-refractivity contribution in [1.29, 1.82) is 0 Å². The Hall–Kier alpha value is -1.88. The SMILES string of the molecule is CCCC(NCc1ccc(C(N)=O)cc1C)C(=O)O. The Balaban J connectivity index is 2.72. The van der Waals surface area contributed by atoms with Crippen molar-refractivity contribution in [3.8, 4) is 0 Å². The lowest BCUT2D eigenvalue weighted by Gasteiger charge is -2.15. The van der Waals surface area contributed by atoms with Gasteiger partial charge in [0.2, 0.25) is 5.91 Å². The molecule has 0 aliphatic heterocycles. The summed E-state index contributed by atoms with van der Waals surface area (Å²) in [5.74, 6) is -1.30. The summed E-state index contributed by atoms with van der Waals surface area (Å²) < 4.78 is 0. The third-order valence-corrected chi connectivity index (χ3v) is 3.04. The molecule has 0 aliphatic carbocycles. The van der Waals surface area contributed by atoms with Crippen molar-refractivity contribution in [3.63, 3.8) is 0 Å². The maximum Gasteiger partial charge on any atom is 0.320 e. The minimum Gasteiger partial charge on any atom is -0.480 e. The molecular weight excluding hydrogens is 244 g/mol. The number of aryl methyl sites for hydroxylation is 1. The van der Waals surface area contributed by atoms with E-state index in [1.165, 1.54) is 0 Å². The first-order chi connectivity index (χ1) is 8.95. The van der Waals surface area contributed by atoms with E-state index in [2.05, 4.69) is 5.32 Å². The number of carbonyl (C=O) groups is 2. The van der Waals surface area contributed by atoms with Crippen molar-refractivity contribution in [3.05, 3.63) is 34.9 Å². The molecule has 5 nitrogen and oxygen atoms in total. The predicted molar refractivity (Wildman–Crippen MR) is 72.9 cm³/mol. The number of hydrogen-bond acceptors (Lipinski definition) is 3. The Kier molecular flexibility index (Phi) is 5.51. The van der Waals surface area contributed by atoms with Crippen LogP contribution in [0, 0.1) is 6.92 Å². The molecule has 0 bridgehead atoms. The molecule has 5 heteroatoms. The highest BCUT2D eigenvalue weighted by Crippen LogP contribution is 2.11. The molecule has 4 N–H and O–H groups in total. The van der Waals surface area contributed by atoms with Crippen LogP contribution in [0.2, 0.25) is 0 Å². The van der Waals surface area contributed by atoms with E-state index in [0.717, 1.165) is 17.5 Å². The summed E-state index contributed by atoms with van der Waals surface area (Å²) in [7, 11) is 0. The van der Waals surface area contributed by atoms with Crippen LogP contribution < -0.4 is 11.1 Å². The number of nitrogens with two attached hydrogens (primary N) is 1. The van der Waals surface area contributed by atoms with Gasteiger partial charge in [-0.15, -0.1) is 0 Å². The number of rotatable bonds is 7. The van der Waals surface area contributed by atoms with E-state index in [1.807, 2.05) is 13.8 Å². The van der Waals surface area contributed by atoms with Crippen LogP contribution in [0.15, 0.2) is 18.2 Å². The van der Waals surface area contributed by atoms with Gasteiger partial charge in [-0.2, -0.15) is 0 Å². The largest absolute Gasteiger partial charge is 0.480 e. The summed E-state index contributed by atoms with van der Waals surface area (Å²) in [4.78, 5) is 22.0. The zero-order valence-electron chi connectivity index (χ0n) is 11.3. The number of benzene rings is 1. The fourth-order valence-corrected chi connectivity index (χ4v) is 1.88. The molecule has 1 amide bonds. The molecule has 0 saturated carbocycles. The Bertz CT molecular complexity index is 472. The second-order valence-corrected chi connectivity index (χ2v) is 4.57. The first kappa shape index (κ1) is 15.2. The van der Waals surface area contributed by atoms with Gasteiger partial charge in [0.05, 0.1) is 0 Å². The van der Waals surface area contributed by atoms with Gasteiger partial charge in [0.1, 0.15) is 6.04 Å². The molecule has 1 atom stereocenters. The first-order valence-corrected chi connectivity index (χ1v) is 6.31. The quantitative estimate of drug-likeness (QED) is 0.694. The molecule has 0 heterocycles. The number of aliphatic carboxylic acids is 1. The minimum absolute atomic E-state index is 0.460. The number of carboxylic acids is 1. The fourth-order valence-electron chi connectivity index (χ4n) is 1.88. The summed E-state index contributed by atoms with van der Waals surface area (Å²) in [6.07, 6.45) is 1.40. The van der Waals surface area contributed by atoms with Gasteiger partial charge >= 0.3 is 5.97 Å². The number of nitrogens with one attached hydrogen (secondary N) is 1. The molecule has 0 saturated heterocycles. The summed E-state index contributed by atoms with van der Waals surface area (Å²) >= 11 is 0. The monoisotopic (exact) mass is 264 g/mol. The fraction of sp³-hybridized carbons (Fsp3) is 0.429. The number of hydrogen-bond donors (Lipinski definition) is 3. The van der Waals surface area contributed by atoms with E-state index >= 15 is 0 Å². The van der Waals surface area contributed by atoms with Gasteiger partial charge in [-0.05, 0) is 36.6 Å². The predicted octanol–water partition coefficient (Wildman–Crippen LogP) is 1.44. The molecule has 1 rings (SSSR count). The lowest BCUT2D eigenvalue weighted by atomic mass is 10.0. The van der Waals surface area contributed by atoms with Crippen LogP contribution in [0.25, 0.3) is 0 Å². The standard InChI is InChI=1S/C14H20N2O3/c1-3-4-12(14(18)19)16-8-11-6-5-10(13(15)17)7-9(11)2/h5-7,12,16H,3-4,8H2,1-2H3,(H2,15,17)(H,18,19). The maximum absolute atomic E-state index is 11.0. The second-order valence-electron chi connectivity index (χ2n) is 4.57. The van der Waals surface area contributed by atoms with Crippen molar-refractivity contribution >= 4 is 11.9 Å². The highest BCUT2D eigenvalue weighted by molar-refractivity contribution is 5.93. The van der Waals surface area contributed by atoms with Gasteiger partial charge in [-0.3, -0.25) is 9.59 Å². The van der Waals surface area contributed by atoms with Crippen LogP contribution in [0.4, 0.5) is 0 Å². The van der Waals surface area contributed by atoms with E-state index in [-0.39, 0.29) is 0 Å². The van der Waals surface area contributed by atoms with Crippen LogP contribution in [0.3, 0.4) is 0 Å². The summed E-state index contributed by atoms with van der Waals surface area (Å²) in [6.45, 7) is 4.28. The van der Waals surface area contributed by atoms with Crippen molar-refractivity contribution in [2.24, 2.45) is 5.73 Å². The van der Waals surface area contributed by atoms with Crippen molar-refractivity contribution in [2.45, 2.75) is 39.3 Å². The lowest BCUT2D eigenvalue weighted by molar-refractivity contribution is -0.139. The Morgan fingerprint density at radius 2 is 2.11 bits per heavy atom. The molecule has 0 fully saturated rings. The third-order valence-electron chi connectivity index (χ3n) is 3.04. The number of carbonyl (C=O) groups excluding carboxylic acids is 1. The summed E-state index contributed by atoms with van der Waals surface area (Å²) in [6, 6.07) is 4.63. The van der Waals surface area contributed by atoms with Crippen LogP contribution in [-0.4, -0.2) is 23.0 Å². The van der Waals surface area contributed by atoms with Gasteiger partial charge in [0.25, 0.3) is 0 Å². The van der Waals surface area contributed by atoms with Gasteiger partial charge in [0, 0.05) is 12.1 Å². The molecule has 0 spiro atoms. The van der Waals surface area contributed by atoms with E-state index in [0.29, 0.717) is 18.5 Å². The Labute approximate surface area is 112 Å². The van der Waals surface area contributed by atoms with E-state index < -0.39 is 17.9 Å². The Morgan fingerprint density at radius 1 is 1.42 bits per heavy atom. The maximum atomic E-state index is 11.0. The molecule has 1 aromatic carbocycles. The Morgan fingerprint density at radius 3 is 2.58 bits per heavy atom. The van der Waals surface area contributed by atoms with E-state index in [9.17, 15) is 9.59 Å². The van der Waals surface area contributed by atoms with Crippen molar-refractivity contribution in [1.82, 2.24) is 5.32 Å². The number of amides is 1. The molecule has 19 heavy (non-hydrogen) atoms. The van der Waals surface area contributed by atoms with Crippen molar-refractivity contribution < 1.29 is 14.7 Å². The molecule has 104 valence electrons. The molecule has 0 aromatic heterocycles. The zero-order valence-corrected chi connectivity index (χ0v) is 11.3. The van der Waals surface area contributed by atoms with E-state index in [1.54, 1.807) is 18.2 Å². The summed E-state index contributed by atoms with van der Waals surface area (Å²) in [5.41, 5.74) is 7.55. The van der Waals surface area contributed by atoms with Crippen LogP contribution in [-0.2, 0) is 11.3 Å². The number of primary amides is 1. The molecule has 0 aliphatic rings. The van der Waals surface area contributed by atoms with Gasteiger partial charge < -0.3 is 16.2 Å². The topological polar surface area (TPSA) is 92.4 Å². The second kappa shape index (κ2) is 6.89. The average molecular weight is 264 g/mol. The van der Waals surface area contributed by atoms with Crippen LogP contribution in [0.5, 0.6) is 0 Å². The van der Waals surface area contributed by atoms with Gasteiger partial charge in [-0.1, -0.05) is 19.4 Å². The first-order valence-electron chi connectivity index (χ1n) is 6.31. The molecule has 1 unspecified atom stereocenters. The molecule has 0 radical (unpaired) electrons. The van der Waals surface area contributed by atoms with Crippen LogP contribution >= 0.6 is 0 Å². The highest BCUT2D eigenvalue weighted by Gasteiger charge is 2.15. The minimum atomic E-state index is -0.840. The zero-order chi connectivity index (χ0) is 14.4. The van der Waals surface area contributed by atoms with E-state index in [4.69, 9.17) is 10.8 Å². The number of carboxylic acid groups (broad SMARTS) is 1. The molecular formula is C14H20N2O3. The third kappa shape index (κ3) is 4.37. The average Bonchev–Trinajstić information content (AvgIpc) is 2.35. The summed E-state index contributed by atoms with van der Waals surface area (Å²) in [5, 5.41) is 12.1. The highest BCUT2D eigenvalue weighted by atomic mass is 16.4.